The van der Waals surface area contributed by atoms with Crippen LogP contribution in [0.4, 0.5) is 10.1 Å². The minimum atomic E-state index is -0.917. The van der Waals surface area contributed by atoms with E-state index in [1.165, 1.54) is 24.4 Å². The second-order valence-corrected chi connectivity index (χ2v) is 4.31. The number of rotatable bonds is 3. The molecule has 0 radical (unpaired) electrons. The smallest absolute Gasteiger partial charge is 0.274 e. The van der Waals surface area contributed by atoms with E-state index >= 15 is 0 Å². The highest BCUT2D eigenvalue weighted by molar-refractivity contribution is 6.30. The number of hydrogen-bond donors (Lipinski definition) is 2. The van der Waals surface area contributed by atoms with Gasteiger partial charge in [-0.15, -0.1) is 0 Å². The SMILES string of the molecule is NC(=O)c1cc(NC(=O)c2cc(Cl)ccn2)ccc1F. The van der Waals surface area contributed by atoms with Crippen LogP contribution in [-0.2, 0) is 0 Å². The molecule has 0 aliphatic rings. The van der Waals surface area contributed by atoms with Gasteiger partial charge in [-0.05, 0) is 30.3 Å². The highest BCUT2D eigenvalue weighted by Gasteiger charge is 2.12. The summed E-state index contributed by atoms with van der Waals surface area (Å²) < 4.78 is 13.3. The zero-order chi connectivity index (χ0) is 14.7. The highest BCUT2D eigenvalue weighted by Crippen LogP contribution is 2.16. The molecular formula is C13H9ClFN3O2. The number of primary amides is 1. The van der Waals surface area contributed by atoms with Gasteiger partial charge in [-0.3, -0.25) is 14.6 Å². The van der Waals surface area contributed by atoms with Crippen LogP contribution in [0.3, 0.4) is 0 Å². The summed E-state index contributed by atoms with van der Waals surface area (Å²) in [6.45, 7) is 0. The molecule has 0 atom stereocenters. The van der Waals surface area contributed by atoms with Crippen molar-refractivity contribution in [3.05, 3.63) is 58.6 Å². The standard InChI is InChI=1S/C13H9ClFN3O2/c14-7-3-4-17-11(5-7)13(20)18-8-1-2-10(15)9(6-8)12(16)19/h1-6H,(H2,16,19)(H,18,20). The molecule has 1 aromatic heterocycles. The van der Waals surface area contributed by atoms with Crippen molar-refractivity contribution in [1.82, 2.24) is 4.98 Å². The third-order valence-electron chi connectivity index (χ3n) is 2.44. The van der Waals surface area contributed by atoms with Crippen LogP contribution in [0.15, 0.2) is 36.5 Å². The van der Waals surface area contributed by atoms with Crippen molar-refractivity contribution >= 4 is 29.1 Å². The number of nitrogens with two attached hydrogens (primary N) is 1. The number of carbonyl (C=O) groups is 2. The number of benzene rings is 1. The van der Waals surface area contributed by atoms with Crippen molar-refractivity contribution in [3.8, 4) is 0 Å². The van der Waals surface area contributed by atoms with E-state index in [-0.39, 0.29) is 16.9 Å². The van der Waals surface area contributed by atoms with E-state index in [9.17, 15) is 14.0 Å². The molecule has 1 aromatic carbocycles. The summed E-state index contributed by atoms with van der Waals surface area (Å²) in [7, 11) is 0. The molecule has 5 nitrogen and oxygen atoms in total. The van der Waals surface area contributed by atoms with Crippen molar-refractivity contribution in [3.63, 3.8) is 0 Å². The summed E-state index contributed by atoms with van der Waals surface area (Å²) >= 11 is 5.75. The van der Waals surface area contributed by atoms with Crippen LogP contribution in [0.1, 0.15) is 20.8 Å². The van der Waals surface area contributed by atoms with Crippen molar-refractivity contribution < 1.29 is 14.0 Å². The first-order chi connectivity index (χ1) is 9.47. The third kappa shape index (κ3) is 3.10. The minimum absolute atomic E-state index is 0.0995. The molecule has 2 rings (SSSR count). The molecule has 1 heterocycles. The Hall–Kier alpha value is -2.47. The summed E-state index contributed by atoms with van der Waals surface area (Å²) in [4.78, 5) is 26.8. The molecule has 7 heteroatoms. The van der Waals surface area contributed by atoms with Gasteiger partial charge in [0.2, 0.25) is 0 Å². The summed E-state index contributed by atoms with van der Waals surface area (Å²) in [5, 5.41) is 2.84. The van der Waals surface area contributed by atoms with Crippen LogP contribution >= 0.6 is 11.6 Å². The van der Waals surface area contributed by atoms with Gasteiger partial charge in [-0.1, -0.05) is 11.6 Å². The monoisotopic (exact) mass is 293 g/mol. The zero-order valence-electron chi connectivity index (χ0n) is 10.1. The maximum absolute atomic E-state index is 13.3. The molecule has 2 amide bonds. The number of carbonyl (C=O) groups excluding carboxylic acids is 2. The molecule has 0 saturated heterocycles. The molecule has 102 valence electrons. The van der Waals surface area contributed by atoms with Crippen molar-refractivity contribution in [2.24, 2.45) is 5.73 Å². The first-order valence-electron chi connectivity index (χ1n) is 5.49. The Morgan fingerprint density at radius 1 is 1.25 bits per heavy atom. The Morgan fingerprint density at radius 2 is 2.00 bits per heavy atom. The lowest BCUT2D eigenvalue weighted by Gasteiger charge is -2.06. The van der Waals surface area contributed by atoms with Crippen LogP contribution < -0.4 is 11.1 Å². The van der Waals surface area contributed by atoms with Crippen molar-refractivity contribution in [2.45, 2.75) is 0 Å². The molecule has 0 aliphatic carbocycles. The third-order valence-corrected chi connectivity index (χ3v) is 2.68. The average Bonchev–Trinajstić information content (AvgIpc) is 2.40. The minimum Gasteiger partial charge on any atom is -0.366 e. The molecule has 0 saturated carbocycles. The average molecular weight is 294 g/mol. The Labute approximate surface area is 118 Å². The Balaban J connectivity index is 2.24. The van der Waals surface area contributed by atoms with Gasteiger partial charge in [0.05, 0.1) is 5.56 Å². The lowest BCUT2D eigenvalue weighted by atomic mass is 10.1. The van der Waals surface area contributed by atoms with E-state index in [0.717, 1.165) is 12.1 Å². The maximum atomic E-state index is 13.3. The van der Waals surface area contributed by atoms with Gasteiger partial charge in [0.15, 0.2) is 0 Å². The summed E-state index contributed by atoms with van der Waals surface area (Å²) in [5.41, 5.74) is 5.05. The van der Waals surface area contributed by atoms with Gasteiger partial charge < -0.3 is 11.1 Å². The molecule has 3 N–H and O–H groups in total. The van der Waals surface area contributed by atoms with Gasteiger partial charge in [0, 0.05) is 16.9 Å². The van der Waals surface area contributed by atoms with Crippen LogP contribution in [0.2, 0.25) is 5.02 Å². The number of anilines is 1. The molecule has 0 unspecified atom stereocenters. The number of nitrogens with one attached hydrogen (secondary N) is 1. The number of aromatic nitrogens is 1. The van der Waals surface area contributed by atoms with E-state index in [1.54, 1.807) is 0 Å². The lowest BCUT2D eigenvalue weighted by Crippen LogP contribution is -2.16. The van der Waals surface area contributed by atoms with E-state index in [4.69, 9.17) is 17.3 Å². The number of halogens is 2. The predicted molar refractivity (Wildman–Crippen MR) is 72.1 cm³/mol. The summed E-state index contributed by atoms with van der Waals surface area (Å²) in [6, 6.07) is 6.42. The number of nitrogens with zero attached hydrogens (tertiary/aromatic N) is 1. The maximum Gasteiger partial charge on any atom is 0.274 e. The second-order valence-electron chi connectivity index (χ2n) is 3.87. The van der Waals surface area contributed by atoms with E-state index in [0.29, 0.717) is 5.02 Å². The predicted octanol–water partition coefficient (Wildman–Crippen LogP) is 2.23. The second kappa shape index (κ2) is 5.66. The number of amides is 2. The van der Waals surface area contributed by atoms with Crippen LogP contribution in [-0.4, -0.2) is 16.8 Å². The Kier molecular flexibility index (Phi) is 3.95. The summed E-state index contributed by atoms with van der Waals surface area (Å²) in [6.07, 6.45) is 1.39. The van der Waals surface area contributed by atoms with Gasteiger partial charge in [0.25, 0.3) is 11.8 Å². The van der Waals surface area contributed by atoms with E-state index < -0.39 is 17.6 Å². The molecular weight excluding hydrogens is 285 g/mol. The lowest BCUT2D eigenvalue weighted by molar-refractivity contribution is 0.0992. The van der Waals surface area contributed by atoms with E-state index in [2.05, 4.69) is 10.3 Å². The van der Waals surface area contributed by atoms with Gasteiger partial charge in [-0.2, -0.15) is 0 Å². The van der Waals surface area contributed by atoms with Gasteiger partial charge in [-0.25, -0.2) is 4.39 Å². The largest absolute Gasteiger partial charge is 0.366 e. The fourth-order valence-electron chi connectivity index (χ4n) is 1.52. The number of pyridine rings is 1. The molecule has 0 aliphatic heterocycles. The fourth-order valence-corrected chi connectivity index (χ4v) is 1.68. The fraction of sp³-hybridized carbons (Fsp3) is 0. The topological polar surface area (TPSA) is 85.1 Å². The van der Waals surface area contributed by atoms with E-state index in [1.807, 2.05) is 0 Å². The van der Waals surface area contributed by atoms with Crippen LogP contribution in [0.5, 0.6) is 0 Å². The normalized spacial score (nSPS) is 10.1. The first kappa shape index (κ1) is 14.0. The highest BCUT2D eigenvalue weighted by atomic mass is 35.5. The summed E-state index contributed by atoms with van der Waals surface area (Å²) in [5.74, 6) is -2.20. The van der Waals surface area contributed by atoms with Crippen molar-refractivity contribution in [1.29, 1.82) is 0 Å². The first-order valence-corrected chi connectivity index (χ1v) is 5.87. The van der Waals surface area contributed by atoms with Crippen LogP contribution in [0, 0.1) is 5.82 Å². The molecule has 20 heavy (non-hydrogen) atoms. The molecule has 0 bridgehead atoms. The Bertz CT molecular complexity index is 691. The van der Waals surface area contributed by atoms with Crippen LogP contribution in [0.25, 0.3) is 0 Å². The molecule has 2 aromatic rings. The van der Waals surface area contributed by atoms with Crippen molar-refractivity contribution in [2.75, 3.05) is 5.32 Å². The molecule has 0 fully saturated rings. The van der Waals surface area contributed by atoms with Gasteiger partial charge >= 0.3 is 0 Å². The number of hydrogen-bond acceptors (Lipinski definition) is 3. The Morgan fingerprint density at radius 3 is 2.65 bits per heavy atom. The quantitative estimate of drug-likeness (QED) is 0.910. The zero-order valence-corrected chi connectivity index (χ0v) is 10.8. The molecule has 0 spiro atoms. The van der Waals surface area contributed by atoms with Gasteiger partial charge in [0.1, 0.15) is 11.5 Å².